The topological polar surface area (TPSA) is 57.7 Å². The van der Waals surface area contributed by atoms with E-state index >= 15 is 0 Å². The lowest BCUT2D eigenvalue weighted by atomic mass is 9.88. The Morgan fingerprint density at radius 1 is 1.15 bits per heavy atom. The van der Waals surface area contributed by atoms with Crippen LogP contribution >= 0.6 is 0 Å². The van der Waals surface area contributed by atoms with Gasteiger partial charge in [-0.1, -0.05) is 45.0 Å². The highest BCUT2D eigenvalue weighted by atomic mass is 16.5. The van der Waals surface area contributed by atoms with Gasteiger partial charge in [-0.25, -0.2) is 9.78 Å². The predicted octanol–water partition coefficient (Wildman–Crippen LogP) is 4.12. The van der Waals surface area contributed by atoms with Crippen LogP contribution in [0.4, 0.5) is 0 Å². The third kappa shape index (κ3) is 4.85. The van der Waals surface area contributed by atoms with Crippen molar-refractivity contribution in [3.8, 4) is 5.88 Å². The zero-order valence-electron chi connectivity index (χ0n) is 15.9. The predicted molar refractivity (Wildman–Crippen MR) is 101 cm³/mol. The van der Waals surface area contributed by atoms with E-state index in [1.54, 1.807) is 6.20 Å². The van der Waals surface area contributed by atoms with Gasteiger partial charge in [0.05, 0.1) is 20.5 Å². The average molecular weight is 355 g/mol. The van der Waals surface area contributed by atoms with Gasteiger partial charge < -0.3 is 14.2 Å². The van der Waals surface area contributed by atoms with Crippen LogP contribution in [-0.4, -0.2) is 25.2 Å². The van der Waals surface area contributed by atoms with E-state index in [1.807, 2.05) is 36.4 Å². The lowest BCUT2D eigenvalue weighted by Crippen LogP contribution is -2.12. The largest absolute Gasteiger partial charge is 0.503 e. The second-order valence-electron chi connectivity index (χ2n) is 6.84. The Morgan fingerprint density at radius 3 is 2.54 bits per heavy atom. The quantitative estimate of drug-likeness (QED) is 0.443. The molecule has 5 heteroatoms. The van der Waals surface area contributed by atoms with Gasteiger partial charge in [-0.05, 0) is 28.2 Å². The van der Waals surface area contributed by atoms with E-state index in [4.69, 9.17) is 14.2 Å². The standard InChI is InChI=1S/C21H25NO4/c1-21(2,3)16-10-11-22-19(12-16)26-13-15-8-6-7-9-17(15)18(14-24-4)20(23)25-5/h6-12,14H,13H2,1-5H3/b18-14+. The van der Waals surface area contributed by atoms with Gasteiger partial charge in [0.25, 0.3) is 0 Å². The molecule has 1 heterocycles. The highest BCUT2D eigenvalue weighted by Gasteiger charge is 2.18. The van der Waals surface area contributed by atoms with Crippen LogP contribution in [0.1, 0.15) is 37.5 Å². The summed E-state index contributed by atoms with van der Waals surface area (Å²) in [5.74, 6) is 0.0784. The number of methoxy groups -OCH3 is 2. The molecule has 0 aliphatic carbocycles. The summed E-state index contributed by atoms with van der Waals surface area (Å²) in [6.45, 7) is 6.69. The van der Waals surface area contributed by atoms with Crippen LogP contribution in [0.3, 0.4) is 0 Å². The van der Waals surface area contributed by atoms with Crippen LogP contribution in [0.2, 0.25) is 0 Å². The Bertz CT molecular complexity index is 791. The van der Waals surface area contributed by atoms with Crippen molar-refractivity contribution in [2.24, 2.45) is 0 Å². The van der Waals surface area contributed by atoms with Gasteiger partial charge in [0.15, 0.2) is 0 Å². The molecular weight excluding hydrogens is 330 g/mol. The van der Waals surface area contributed by atoms with Gasteiger partial charge in [-0.3, -0.25) is 0 Å². The first-order valence-corrected chi connectivity index (χ1v) is 8.35. The minimum atomic E-state index is -0.466. The number of nitrogens with zero attached hydrogens (tertiary/aromatic N) is 1. The highest BCUT2D eigenvalue weighted by Crippen LogP contribution is 2.26. The summed E-state index contributed by atoms with van der Waals surface area (Å²) >= 11 is 0. The second kappa shape index (κ2) is 8.52. The van der Waals surface area contributed by atoms with Crippen molar-refractivity contribution < 1.29 is 19.0 Å². The van der Waals surface area contributed by atoms with Crippen LogP contribution in [0, 0.1) is 0 Å². The van der Waals surface area contributed by atoms with Crippen LogP contribution in [-0.2, 0) is 26.3 Å². The van der Waals surface area contributed by atoms with Gasteiger partial charge in [0, 0.05) is 12.3 Å². The van der Waals surface area contributed by atoms with E-state index in [2.05, 4.69) is 25.8 Å². The van der Waals surface area contributed by atoms with Crippen molar-refractivity contribution in [1.82, 2.24) is 4.98 Å². The van der Waals surface area contributed by atoms with E-state index < -0.39 is 5.97 Å². The summed E-state index contributed by atoms with van der Waals surface area (Å²) in [5.41, 5.74) is 3.03. The molecule has 0 aliphatic heterocycles. The monoisotopic (exact) mass is 355 g/mol. The summed E-state index contributed by atoms with van der Waals surface area (Å²) in [6.07, 6.45) is 3.12. The highest BCUT2D eigenvalue weighted by molar-refractivity contribution is 6.16. The van der Waals surface area contributed by atoms with Gasteiger partial charge in [0.2, 0.25) is 5.88 Å². The second-order valence-corrected chi connectivity index (χ2v) is 6.84. The number of aromatic nitrogens is 1. The first kappa shape index (κ1) is 19.5. The molecule has 0 fully saturated rings. The van der Waals surface area contributed by atoms with Crippen LogP contribution in [0.25, 0.3) is 5.57 Å². The number of hydrogen-bond donors (Lipinski definition) is 0. The molecule has 0 aliphatic rings. The number of hydrogen-bond acceptors (Lipinski definition) is 5. The maximum atomic E-state index is 12.1. The minimum absolute atomic E-state index is 0.0121. The first-order chi connectivity index (χ1) is 12.4. The van der Waals surface area contributed by atoms with Crippen molar-refractivity contribution in [2.45, 2.75) is 32.8 Å². The Labute approximate surface area is 154 Å². The van der Waals surface area contributed by atoms with Gasteiger partial charge in [-0.2, -0.15) is 0 Å². The molecule has 0 spiro atoms. The van der Waals surface area contributed by atoms with Gasteiger partial charge >= 0.3 is 5.97 Å². The number of pyridine rings is 1. The molecule has 138 valence electrons. The van der Waals surface area contributed by atoms with Crippen LogP contribution in [0.5, 0.6) is 5.88 Å². The molecule has 0 N–H and O–H groups in total. The zero-order chi connectivity index (χ0) is 19.2. The van der Waals surface area contributed by atoms with Gasteiger partial charge in [0.1, 0.15) is 12.2 Å². The van der Waals surface area contributed by atoms with Crippen LogP contribution < -0.4 is 4.74 Å². The van der Waals surface area contributed by atoms with Crippen molar-refractivity contribution in [3.63, 3.8) is 0 Å². The third-order valence-corrected chi connectivity index (χ3v) is 3.92. The maximum absolute atomic E-state index is 12.1. The summed E-state index contributed by atoms with van der Waals surface area (Å²) in [6, 6.07) is 11.4. The van der Waals surface area contributed by atoms with Crippen molar-refractivity contribution in [1.29, 1.82) is 0 Å². The number of carbonyl (C=O) groups excluding carboxylic acids is 1. The van der Waals surface area contributed by atoms with Crippen LogP contribution in [0.15, 0.2) is 48.9 Å². The third-order valence-electron chi connectivity index (χ3n) is 3.92. The molecule has 0 radical (unpaired) electrons. The Hall–Kier alpha value is -2.82. The number of carbonyl (C=O) groups is 1. The van der Waals surface area contributed by atoms with Gasteiger partial charge in [-0.15, -0.1) is 0 Å². The average Bonchev–Trinajstić information content (AvgIpc) is 2.64. The normalized spacial score (nSPS) is 11.8. The molecule has 1 aromatic carbocycles. The fourth-order valence-corrected chi connectivity index (χ4v) is 2.46. The molecule has 5 nitrogen and oxygen atoms in total. The molecule has 2 rings (SSSR count). The van der Waals surface area contributed by atoms with Crippen molar-refractivity contribution in [2.75, 3.05) is 14.2 Å². The molecule has 0 bridgehead atoms. The molecular formula is C21H25NO4. The van der Waals surface area contributed by atoms with Crippen molar-refractivity contribution in [3.05, 3.63) is 65.5 Å². The maximum Gasteiger partial charge on any atom is 0.341 e. The summed E-state index contributed by atoms with van der Waals surface area (Å²) in [7, 11) is 2.83. The number of esters is 1. The Balaban J connectivity index is 2.26. The molecule has 0 saturated carbocycles. The number of rotatable bonds is 6. The van der Waals surface area contributed by atoms with E-state index in [1.165, 1.54) is 20.5 Å². The smallest absolute Gasteiger partial charge is 0.341 e. The lowest BCUT2D eigenvalue weighted by molar-refractivity contribution is -0.133. The zero-order valence-corrected chi connectivity index (χ0v) is 15.9. The molecule has 0 unspecified atom stereocenters. The number of benzene rings is 1. The fraction of sp³-hybridized carbons (Fsp3) is 0.333. The van der Waals surface area contributed by atoms with Crippen molar-refractivity contribution >= 4 is 11.5 Å². The fourth-order valence-electron chi connectivity index (χ4n) is 2.46. The molecule has 0 atom stereocenters. The summed E-state index contributed by atoms with van der Waals surface area (Å²) < 4.78 is 15.8. The SMILES string of the molecule is CO/C=C(/C(=O)OC)c1ccccc1COc1cc(C(C)(C)C)ccn1. The first-order valence-electron chi connectivity index (χ1n) is 8.35. The number of ether oxygens (including phenoxy) is 3. The summed E-state index contributed by atoms with van der Waals surface area (Å²) in [5, 5.41) is 0. The Morgan fingerprint density at radius 2 is 1.88 bits per heavy atom. The summed E-state index contributed by atoms with van der Waals surface area (Å²) in [4.78, 5) is 16.3. The van der Waals surface area contributed by atoms with E-state index in [0.29, 0.717) is 17.0 Å². The molecule has 2 aromatic rings. The molecule has 1 aromatic heterocycles. The lowest BCUT2D eigenvalue weighted by Gasteiger charge is -2.19. The molecule has 26 heavy (non-hydrogen) atoms. The Kier molecular flexibility index (Phi) is 6.39. The van der Waals surface area contributed by atoms with E-state index in [-0.39, 0.29) is 12.0 Å². The van der Waals surface area contributed by atoms with E-state index in [0.717, 1.165) is 11.1 Å². The molecule has 0 amide bonds. The molecule has 0 saturated heterocycles. The minimum Gasteiger partial charge on any atom is -0.503 e. The van der Waals surface area contributed by atoms with E-state index in [9.17, 15) is 4.79 Å².